The van der Waals surface area contributed by atoms with Crippen LogP contribution in [0.3, 0.4) is 0 Å². The monoisotopic (exact) mass is 430 g/mol. The molecule has 0 unspecified atom stereocenters. The zero-order chi connectivity index (χ0) is 19.5. The Hall–Kier alpha value is -1.72. The van der Waals surface area contributed by atoms with Crippen LogP contribution in [-0.2, 0) is 20.0 Å². The Morgan fingerprint density at radius 1 is 0.963 bits per heavy atom. The van der Waals surface area contributed by atoms with Gasteiger partial charge >= 0.3 is 0 Å². The van der Waals surface area contributed by atoms with Gasteiger partial charge in [0.05, 0.1) is 4.90 Å². The summed E-state index contributed by atoms with van der Waals surface area (Å²) in [5, 5.41) is 0.295. The Bertz CT molecular complexity index is 1000. The van der Waals surface area contributed by atoms with Crippen molar-refractivity contribution in [2.45, 2.75) is 29.1 Å². The van der Waals surface area contributed by atoms with Gasteiger partial charge in [0.2, 0.25) is 10.0 Å². The van der Waals surface area contributed by atoms with Crippen LogP contribution in [0.25, 0.3) is 0 Å². The highest BCUT2D eigenvalue weighted by Gasteiger charge is 2.26. The van der Waals surface area contributed by atoms with Gasteiger partial charge in [-0.15, -0.1) is 4.83 Å². The number of halogens is 1. The largest absolute Gasteiger partial charge is 0.292 e. The third-order valence-electron chi connectivity index (χ3n) is 4.11. The molecule has 0 atom stereocenters. The molecular formula is C16H19ClN4O4S2. The fourth-order valence-corrected chi connectivity index (χ4v) is 5.29. The summed E-state index contributed by atoms with van der Waals surface area (Å²) in [5.41, 5.74) is 2.46. The first-order valence-electron chi connectivity index (χ1n) is 8.29. The van der Waals surface area contributed by atoms with Gasteiger partial charge in [-0.2, -0.15) is 4.31 Å². The minimum absolute atomic E-state index is 0.00760. The minimum Gasteiger partial charge on any atom is -0.292 e. The normalized spacial score (nSPS) is 16.2. The van der Waals surface area contributed by atoms with E-state index < -0.39 is 20.0 Å². The number of pyridine rings is 1. The number of hydrogen-bond donors (Lipinski definition) is 2. The molecule has 1 aliphatic rings. The molecule has 2 N–H and O–H groups in total. The summed E-state index contributed by atoms with van der Waals surface area (Å²) in [6, 6.07) is 8.60. The molecule has 0 radical (unpaired) electrons. The van der Waals surface area contributed by atoms with E-state index in [9.17, 15) is 16.8 Å². The molecule has 8 nitrogen and oxygen atoms in total. The molecule has 0 aliphatic carbocycles. The highest BCUT2D eigenvalue weighted by molar-refractivity contribution is 7.89. The zero-order valence-corrected chi connectivity index (χ0v) is 16.7. The van der Waals surface area contributed by atoms with Crippen LogP contribution in [0, 0.1) is 0 Å². The van der Waals surface area contributed by atoms with Gasteiger partial charge in [0.15, 0.2) is 0 Å². The quantitative estimate of drug-likeness (QED) is 0.680. The van der Waals surface area contributed by atoms with Gasteiger partial charge in [-0.05, 0) is 43.2 Å². The maximum absolute atomic E-state index is 12.6. The third kappa shape index (κ3) is 4.77. The molecule has 27 heavy (non-hydrogen) atoms. The Kier molecular flexibility index (Phi) is 6.02. The number of aromatic nitrogens is 1. The van der Waals surface area contributed by atoms with E-state index in [4.69, 9.17) is 11.6 Å². The van der Waals surface area contributed by atoms with Gasteiger partial charge in [-0.25, -0.2) is 21.8 Å². The second-order valence-corrected chi connectivity index (χ2v) is 10.1. The Morgan fingerprint density at radius 2 is 1.70 bits per heavy atom. The van der Waals surface area contributed by atoms with Gasteiger partial charge < -0.3 is 0 Å². The second kappa shape index (κ2) is 8.11. The standard InChI is InChI=1S/C16H19ClN4O4S2/c17-13-5-4-6-14(11-13)26(22,23)20-19-16-8-7-15(12-18-16)27(24,25)21-9-2-1-3-10-21/h4-8,11-12,20H,1-3,9-10H2,(H,18,19). The fourth-order valence-electron chi connectivity index (χ4n) is 2.67. The average molecular weight is 431 g/mol. The van der Waals surface area contributed by atoms with Gasteiger partial charge in [0.1, 0.15) is 10.7 Å². The van der Waals surface area contributed by atoms with Crippen molar-refractivity contribution in [3.63, 3.8) is 0 Å². The number of rotatable bonds is 6. The molecule has 0 bridgehead atoms. The minimum atomic E-state index is -3.85. The summed E-state index contributed by atoms with van der Waals surface area (Å²) >= 11 is 5.81. The molecule has 2 aromatic rings. The van der Waals surface area contributed by atoms with E-state index in [1.807, 2.05) is 0 Å². The fraction of sp³-hybridized carbons (Fsp3) is 0.312. The van der Waals surface area contributed by atoms with Crippen LogP contribution >= 0.6 is 11.6 Å². The molecule has 1 aliphatic heterocycles. The average Bonchev–Trinajstić information content (AvgIpc) is 2.67. The smallest absolute Gasteiger partial charge is 0.257 e. The van der Waals surface area contributed by atoms with E-state index in [0.29, 0.717) is 18.1 Å². The molecule has 0 saturated carbocycles. The lowest BCUT2D eigenvalue weighted by atomic mass is 10.2. The third-order valence-corrected chi connectivity index (χ3v) is 7.47. The first-order valence-corrected chi connectivity index (χ1v) is 11.6. The number of sulfonamides is 2. The summed E-state index contributed by atoms with van der Waals surface area (Å²) in [5.74, 6) is 0.165. The Labute approximate surface area is 163 Å². The lowest BCUT2D eigenvalue weighted by molar-refractivity contribution is 0.346. The van der Waals surface area contributed by atoms with Crippen LogP contribution < -0.4 is 10.3 Å². The summed E-state index contributed by atoms with van der Waals surface area (Å²) in [6.07, 6.45) is 3.93. The summed E-state index contributed by atoms with van der Waals surface area (Å²) in [7, 11) is -7.43. The van der Waals surface area contributed by atoms with Crippen LogP contribution in [0.15, 0.2) is 52.4 Å². The molecular weight excluding hydrogens is 412 g/mol. The Morgan fingerprint density at radius 3 is 2.33 bits per heavy atom. The lowest BCUT2D eigenvalue weighted by Gasteiger charge is -2.25. The zero-order valence-electron chi connectivity index (χ0n) is 14.3. The molecule has 3 rings (SSSR count). The number of nitrogens with one attached hydrogen (secondary N) is 2. The summed E-state index contributed by atoms with van der Waals surface area (Å²) in [6.45, 7) is 1.00. The van der Waals surface area contributed by atoms with E-state index in [2.05, 4.69) is 15.2 Å². The molecule has 0 amide bonds. The predicted molar refractivity (Wildman–Crippen MR) is 102 cm³/mol. The number of piperidine rings is 1. The predicted octanol–water partition coefficient (Wildman–Crippen LogP) is 2.21. The van der Waals surface area contributed by atoms with Crippen LogP contribution in [0.5, 0.6) is 0 Å². The second-order valence-electron chi connectivity index (χ2n) is 6.03. The molecule has 2 heterocycles. The van der Waals surface area contributed by atoms with E-state index in [0.717, 1.165) is 19.3 Å². The van der Waals surface area contributed by atoms with Crippen molar-refractivity contribution in [3.05, 3.63) is 47.6 Å². The van der Waals surface area contributed by atoms with E-state index in [1.54, 1.807) is 6.07 Å². The molecule has 146 valence electrons. The van der Waals surface area contributed by atoms with Crippen molar-refractivity contribution >= 4 is 37.5 Å². The van der Waals surface area contributed by atoms with Gasteiger partial charge in [-0.3, -0.25) is 5.43 Å². The van der Waals surface area contributed by atoms with Gasteiger partial charge in [0.25, 0.3) is 10.0 Å². The molecule has 11 heteroatoms. The van der Waals surface area contributed by atoms with Crippen LogP contribution in [-0.4, -0.2) is 39.2 Å². The van der Waals surface area contributed by atoms with Crippen molar-refractivity contribution in [2.24, 2.45) is 0 Å². The molecule has 1 fully saturated rings. The van der Waals surface area contributed by atoms with Crippen molar-refractivity contribution in [1.29, 1.82) is 0 Å². The highest BCUT2D eigenvalue weighted by atomic mass is 35.5. The van der Waals surface area contributed by atoms with Gasteiger partial charge in [0, 0.05) is 24.3 Å². The lowest BCUT2D eigenvalue weighted by Crippen LogP contribution is -2.35. The topological polar surface area (TPSA) is 108 Å². The number of anilines is 1. The molecule has 0 spiro atoms. The van der Waals surface area contributed by atoms with Crippen LogP contribution in [0.1, 0.15) is 19.3 Å². The summed E-state index contributed by atoms with van der Waals surface area (Å²) < 4.78 is 51.1. The van der Waals surface area contributed by atoms with E-state index in [1.165, 1.54) is 40.8 Å². The van der Waals surface area contributed by atoms with Crippen molar-refractivity contribution in [1.82, 2.24) is 14.1 Å². The maximum Gasteiger partial charge on any atom is 0.257 e. The maximum atomic E-state index is 12.6. The number of nitrogens with zero attached hydrogens (tertiary/aromatic N) is 2. The first-order chi connectivity index (χ1) is 12.8. The first kappa shape index (κ1) is 20.0. The van der Waals surface area contributed by atoms with Crippen LogP contribution in [0.2, 0.25) is 5.02 Å². The number of benzene rings is 1. The van der Waals surface area contributed by atoms with E-state index >= 15 is 0 Å². The SMILES string of the molecule is O=S(=O)(NNc1ccc(S(=O)(=O)N2CCCCC2)cn1)c1cccc(Cl)c1. The number of hydrogen-bond acceptors (Lipinski definition) is 6. The van der Waals surface area contributed by atoms with Gasteiger partial charge in [-0.1, -0.05) is 24.1 Å². The molecule has 1 aromatic heterocycles. The molecule has 1 saturated heterocycles. The molecule has 1 aromatic carbocycles. The number of hydrazine groups is 1. The highest BCUT2D eigenvalue weighted by Crippen LogP contribution is 2.21. The van der Waals surface area contributed by atoms with Crippen molar-refractivity contribution in [3.8, 4) is 0 Å². The Balaban J connectivity index is 1.69. The van der Waals surface area contributed by atoms with E-state index in [-0.39, 0.29) is 15.6 Å². The van der Waals surface area contributed by atoms with Crippen molar-refractivity contribution in [2.75, 3.05) is 18.5 Å². The summed E-state index contributed by atoms with van der Waals surface area (Å²) in [4.78, 5) is 6.23. The van der Waals surface area contributed by atoms with Crippen molar-refractivity contribution < 1.29 is 16.8 Å². The van der Waals surface area contributed by atoms with Crippen LogP contribution in [0.4, 0.5) is 5.82 Å².